The smallest absolute Gasteiger partial charge is 0.199 e. The number of halogens is 2. The lowest BCUT2D eigenvalue weighted by Crippen LogP contribution is -2.08. The normalized spacial score (nSPS) is 11.3. The lowest BCUT2D eigenvalue weighted by molar-refractivity contribution is 0.352. The zero-order chi connectivity index (χ0) is 16.3. The lowest BCUT2D eigenvalue weighted by Gasteiger charge is -2.13. The molecule has 0 N–H and O–H groups in total. The summed E-state index contributed by atoms with van der Waals surface area (Å²) in [4.78, 5) is 3.95. The molecule has 22 heavy (non-hydrogen) atoms. The SMILES string of the molecule is COc1ccc(CS(=O)(=O)c2ccc(Br)cn2)c(Br)c1OC. The number of pyridine rings is 1. The van der Waals surface area contributed by atoms with Gasteiger partial charge < -0.3 is 9.47 Å². The molecule has 2 rings (SSSR count). The van der Waals surface area contributed by atoms with Crippen molar-refractivity contribution in [2.75, 3.05) is 14.2 Å². The summed E-state index contributed by atoms with van der Waals surface area (Å²) in [6, 6.07) is 6.46. The highest BCUT2D eigenvalue weighted by Crippen LogP contribution is 2.38. The van der Waals surface area contributed by atoms with Crippen LogP contribution in [0.5, 0.6) is 11.5 Å². The van der Waals surface area contributed by atoms with Crippen molar-refractivity contribution in [2.24, 2.45) is 0 Å². The molecule has 0 unspecified atom stereocenters. The van der Waals surface area contributed by atoms with Crippen LogP contribution in [0.15, 0.2) is 44.4 Å². The van der Waals surface area contributed by atoms with Crippen LogP contribution in [0.1, 0.15) is 5.56 Å². The molecule has 0 aliphatic rings. The van der Waals surface area contributed by atoms with Crippen molar-refractivity contribution in [1.82, 2.24) is 4.98 Å². The predicted octanol–water partition coefficient (Wildman–Crippen LogP) is 3.60. The van der Waals surface area contributed by atoms with Crippen molar-refractivity contribution < 1.29 is 17.9 Å². The minimum Gasteiger partial charge on any atom is -0.493 e. The summed E-state index contributed by atoms with van der Waals surface area (Å²) in [7, 11) is -0.538. The Hall–Kier alpha value is -1.12. The van der Waals surface area contributed by atoms with Gasteiger partial charge in [0.2, 0.25) is 0 Å². The second-order valence-corrected chi connectivity index (χ2v) is 7.99. The van der Waals surface area contributed by atoms with Gasteiger partial charge in [-0.2, -0.15) is 0 Å². The highest BCUT2D eigenvalue weighted by molar-refractivity contribution is 9.10. The monoisotopic (exact) mass is 449 g/mol. The van der Waals surface area contributed by atoms with E-state index in [0.29, 0.717) is 21.5 Å². The Morgan fingerprint density at radius 2 is 1.82 bits per heavy atom. The van der Waals surface area contributed by atoms with E-state index in [1.807, 2.05) is 0 Å². The fourth-order valence-corrected chi connectivity index (χ4v) is 4.20. The second-order valence-electron chi connectivity index (χ2n) is 4.35. The summed E-state index contributed by atoms with van der Waals surface area (Å²) in [5, 5.41) is 0.0254. The molecule has 0 saturated heterocycles. The van der Waals surface area contributed by atoms with Gasteiger partial charge in [-0.25, -0.2) is 13.4 Å². The lowest BCUT2D eigenvalue weighted by atomic mass is 10.2. The summed E-state index contributed by atoms with van der Waals surface area (Å²) < 4.78 is 36.6. The molecule has 0 spiro atoms. The highest BCUT2D eigenvalue weighted by Gasteiger charge is 2.21. The Balaban J connectivity index is 2.40. The third-order valence-electron chi connectivity index (χ3n) is 2.93. The molecule has 8 heteroatoms. The van der Waals surface area contributed by atoms with Crippen LogP contribution in [-0.4, -0.2) is 27.6 Å². The molecule has 118 valence electrons. The minimum atomic E-state index is -3.56. The molecule has 5 nitrogen and oxygen atoms in total. The van der Waals surface area contributed by atoms with Gasteiger partial charge in [-0.15, -0.1) is 0 Å². The molecular formula is C14H13Br2NO4S. The third kappa shape index (κ3) is 3.61. The standard InChI is InChI=1S/C14H13Br2NO4S/c1-20-11-5-3-9(13(16)14(11)21-2)8-22(18,19)12-6-4-10(15)7-17-12/h3-7H,8H2,1-2H3. The molecule has 0 radical (unpaired) electrons. The van der Waals surface area contributed by atoms with Crippen LogP contribution < -0.4 is 9.47 Å². The van der Waals surface area contributed by atoms with Crippen molar-refractivity contribution in [2.45, 2.75) is 10.8 Å². The van der Waals surface area contributed by atoms with Crippen LogP contribution in [0.4, 0.5) is 0 Å². The van der Waals surface area contributed by atoms with Gasteiger partial charge in [0.1, 0.15) is 0 Å². The Kier molecular flexibility index (Phi) is 5.46. The van der Waals surface area contributed by atoms with E-state index >= 15 is 0 Å². The first-order chi connectivity index (χ1) is 10.4. The van der Waals surface area contributed by atoms with E-state index in [-0.39, 0.29) is 10.8 Å². The van der Waals surface area contributed by atoms with Crippen LogP contribution in [0.3, 0.4) is 0 Å². The number of rotatable bonds is 5. The molecule has 1 heterocycles. The number of ether oxygens (including phenoxy) is 2. The maximum absolute atomic E-state index is 12.4. The number of hydrogen-bond donors (Lipinski definition) is 0. The number of benzene rings is 1. The molecule has 0 fully saturated rings. The Morgan fingerprint density at radius 3 is 2.36 bits per heavy atom. The van der Waals surface area contributed by atoms with Crippen molar-refractivity contribution >= 4 is 41.7 Å². The van der Waals surface area contributed by atoms with E-state index in [1.165, 1.54) is 26.5 Å². The first-order valence-electron chi connectivity index (χ1n) is 6.12. The summed E-state index contributed by atoms with van der Waals surface area (Å²) >= 11 is 6.60. The predicted molar refractivity (Wildman–Crippen MR) is 90.1 cm³/mol. The third-order valence-corrected chi connectivity index (χ3v) is 5.84. The van der Waals surface area contributed by atoms with Crippen LogP contribution >= 0.6 is 31.9 Å². The minimum absolute atomic E-state index is 0.0254. The zero-order valence-electron chi connectivity index (χ0n) is 11.8. The van der Waals surface area contributed by atoms with E-state index in [1.54, 1.807) is 18.2 Å². The topological polar surface area (TPSA) is 65.5 Å². The van der Waals surface area contributed by atoms with Crippen LogP contribution in [0, 0.1) is 0 Å². The zero-order valence-corrected chi connectivity index (χ0v) is 15.8. The van der Waals surface area contributed by atoms with Gasteiger partial charge in [0.05, 0.1) is 24.4 Å². The average molecular weight is 451 g/mol. The number of sulfone groups is 1. The Labute approximate surface area is 145 Å². The summed E-state index contributed by atoms with van der Waals surface area (Å²) in [6.07, 6.45) is 1.45. The molecular weight excluding hydrogens is 438 g/mol. The van der Waals surface area contributed by atoms with Gasteiger partial charge in [-0.1, -0.05) is 6.07 Å². The molecule has 0 aliphatic carbocycles. The first kappa shape index (κ1) is 17.2. The van der Waals surface area contributed by atoms with Gasteiger partial charge in [0.15, 0.2) is 26.4 Å². The average Bonchev–Trinajstić information content (AvgIpc) is 2.49. The molecule has 0 saturated carbocycles. The van der Waals surface area contributed by atoms with Gasteiger partial charge in [0, 0.05) is 10.7 Å². The van der Waals surface area contributed by atoms with E-state index in [9.17, 15) is 8.42 Å². The van der Waals surface area contributed by atoms with Crippen molar-refractivity contribution in [3.8, 4) is 11.5 Å². The fourth-order valence-electron chi connectivity index (χ4n) is 1.87. The molecule has 0 bridgehead atoms. The molecule has 0 atom stereocenters. The summed E-state index contributed by atoms with van der Waals surface area (Å²) in [5.74, 6) is 0.791. The van der Waals surface area contributed by atoms with Crippen molar-refractivity contribution in [3.63, 3.8) is 0 Å². The number of hydrogen-bond acceptors (Lipinski definition) is 5. The first-order valence-corrected chi connectivity index (χ1v) is 9.36. The fraction of sp³-hybridized carbons (Fsp3) is 0.214. The number of methoxy groups -OCH3 is 2. The van der Waals surface area contributed by atoms with Crippen LogP contribution in [0.25, 0.3) is 0 Å². The van der Waals surface area contributed by atoms with Gasteiger partial charge in [0.25, 0.3) is 0 Å². The van der Waals surface area contributed by atoms with E-state index in [0.717, 1.165) is 4.47 Å². The highest BCUT2D eigenvalue weighted by atomic mass is 79.9. The number of aromatic nitrogens is 1. The Bertz CT molecular complexity index is 776. The quantitative estimate of drug-likeness (QED) is 0.696. The maximum Gasteiger partial charge on any atom is 0.199 e. The van der Waals surface area contributed by atoms with Crippen molar-refractivity contribution in [1.29, 1.82) is 0 Å². The van der Waals surface area contributed by atoms with E-state index in [2.05, 4.69) is 36.8 Å². The Morgan fingerprint density at radius 1 is 1.09 bits per heavy atom. The molecule has 0 aliphatic heterocycles. The van der Waals surface area contributed by atoms with Gasteiger partial charge in [-0.3, -0.25) is 0 Å². The summed E-state index contributed by atoms with van der Waals surface area (Å²) in [5.41, 5.74) is 0.572. The van der Waals surface area contributed by atoms with E-state index in [4.69, 9.17) is 9.47 Å². The van der Waals surface area contributed by atoms with E-state index < -0.39 is 9.84 Å². The van der Waals surface area contributed by atoms with Gasteiger partial charge >= 0.3 is 0 Å². The van der Waals surface area contributed by atoms with Gasteiger partial charge in [-0.05, 0) is 55.6 Å². The van der Waals surface area contributed by atoms with Crippen LogP contribution in [0.2, 0.25) is 0 Å². The van der Waals surface area contributed by atoms with Crippen molar-refractivity contribution in [3.05, 3.63) is 45.0 Å². The number of nitrogens with zero attached hydrogens (tertiary/aromatic N) is 1. The largest absolute Gasteiger partial charge is 0.493 e. The molecule has 1 aromatic heterocycles. The second kappa shape index (κ2) is 6.97. The molecule has 0 amide bonds. The maximum atomic E-state index is 12.4. The molecule has 1 aromatic carbocycles. The van der Waals surface area contributed by atoms with Crippen LogP contribution in [-0.2, 0) is 15.6 Å². The molecule has 2 aromatic rings. The summed E-state index contributed by atoms with van der Waals surface area (Å²) in [6.45, 7) is 0.